The van der Waals surface area contributed by atoms with Crippen molar-refractivity contribution >= 4 is 6.03 Å². The molecule has 0 bridgehead atoms. The van der Waals surface area contributed by atoms with E-state index in [0.29, 0.717) is 0 Å². The van der Waals surface area contributed by atoms with Gasteiger partial charge in [0.05, 0.1) is 0 Å². The Hall–Kier alpha value is -0.990. The van der Waals surface area contributed by atoms with E-state index in [0.717, 1.165) is 37.8 Å². The summed E-state index contributed by atoms with van der Waals surface area (Å²) in [5.41, 5.74) is 1.32. The highest BCUT2D eigenvalue weighted by Gasteiger charge is 2.23. The third-order valence-electron chi connectivity index (χ3n) is 3.72. The summed E-state index contributed by atoms with van der Waals surface area (Å²) in [7, 11) is 0. The number of likely N-dealkylation sites (tertiary alicyclic amines) is 1. The molecule has 2 fully saturated rings. The minimum absolute atomic E-state index is 0.0758. The fourth-order valence-electron chi connectivity index (χ4n) is 2.14. The van der Waals surface area contributed by atoms with Gasteiger partial charge < -0.3 is 10.2 Å². The van der Waals surface area contributed by atoms with Crippen molar-refractivity contribution in [2.45, 2.75) is 39.5 Å². The van der Waals surface area contributed by atoms with Crippen molar-refractivity contribution in [1.29, 1.82) is 0 Å². The quantitative estimate of drug-likeness (QED) is 0.765. The van der Waals surface area contributed by atoms with E-state index in [2.05, 4.69) is 19.2 Å². The van der Waals surface area contributed by atoms with Gasteiger partial charge in [-0.15, -0.1) is 0 Å². The molecular formula is C13H22N2O. The van der Waals surface area contributed by atoms with Gasteiger partial charge in [-0.05, 0) is 44.4 Å². The Kier molecular flexibility index (Phi) is 3.52. The molecule has 2 aliphatic rings. The molecule has 3 heteroatoms. The van der Waals surface area contributed by atoms with Crippen molar-refractivity contribution in [3.8, 4) is 0 Å². The zero-order chi connectivity index (χ0) is 11.5. The Morgan fingerprint density at radius 3 is 2.44 bits per heavy atom. The van der Waals surface area contributed by atoms with Gasteiger partial charge in [-0.25, -0.2) is 4.79 Å². The fraction of sp³-hybridized carbons (Fsp3) is 0.769. The maximum absolute atomic E-state index is 11.8. The Balaban J connectivity index is 1.76. The number of allylic oxidation sites excluding steroid dienone is 1. The van der Waals surface area contributed by atoms with E-state index in [9.17, 15) is 4.79 Å². The lowest BCUT2D eigenvalue weighted by Gasteiger charge is -2.29. The number of urea groups is 1. The van der Waals surface area contributed by atoms with E-state index >= 15 is 0 Å². The number of rotatable bonds is 2. The Labute approximate surface area is 97.9 Å². The maximum Gasteiger partial charge on any atom is 0.321 e. The van der Waals surface area contributed by atoms with Gasteiger partial charge in [-0.3, -0.25) is 0 Å². The highest BCUT2D eigenvalue weighted by molar-refractivity contribution is 5.75. The van der Waals surface area contributed by atoms with Crippen LogP contribution in [0.3, 0.4) is 0 Å². The molecule has 0 radical (unpaired) electrons. The zero-order valence-electron chi connectivity index (χ0n) is 10.3. The molecule has 1 N–H and O–H groups in total. The zero-order valence-corrected chi connectivity index (χ0v) is 10.3. The van der Waals surface area contributed by atoms with Crippen molar-refractivity contribution in [2.24, 2.45) is 11.8 Å². The van der Waals surface area contributed by atoms with Crippen molar-refractivity contribution in [1.82, 2.24) is 10.2 Å². The number of carbonyl (C=O) groups is 1. The highest BCUT2D eigenvalue weighted by atomic mass is 16.2. The summed E-state index contributed by atoms with van der Waals surface area (Å²) >= 11 is 0. The summed E-state index contributed by atoms with van der Waals surface area (Å²) in [5.74, 6) is 1.51. The highest BCUT2D eigenvalue weighted by Crippen LogP contribution is 2.35. The van der Waals surface area contributed by atoms with Gasteiger partial charge in [-0.2, -0.15) is 0 Å². The molecule has 0 aromatic carbocycles. The molecule has 0 spiro atoms. The molecule has 1 saturated heterocycles. The van der Waals surface area contributed by atoms with E-state index < -0.39 is 0 Å². The first kappa shape index (κ1) is 11.5. The Morgan fingerprint density at radius 1 is 1.25 bits per heavy atom. The van der Waals surface area contributed by atoms with Crippen LogP contribution in [0.5, 0.6) is 0 Å². The number of amides is 2. The normalized spacial score (nSPS) is 23.4. The van der Waals surface area contributed by atoms with Crippen LogP contribution in [-0.4, -0.2) is 24.0 Å². The number of carbonyl (C=O) groups excluding carboxylic acids is 1. The average Bonchev–Trinajstić information content (AvgIpc) is 3.10. The maximum atomic E-state index is 11.8. The molecule has 1 saturated carbocycles. The number of hydrogen-bond donors (Lipinski definition) is 1. The fourth-order valence-corrected chi connectivity index (χ4v) is 2.14. The van der Waals surface area contributed by atoms with Crippen LogP contribution in [0.15, 0.2) is 11.8 Å². The van der Waals surface area contributed by atoms with Gasteiger partial charge in [0, 0.05) is 19.3 Å². The predicted octanol–water partition coefficient (Wildman–Crippen LogP) is 2.74. The molecule has 0 aromatic heterocycles. The second-order valence-corrected chi connectivity index (χ2v) is 5.28. The standard InChI is InChI=1S/C13H22N2O/c1-10-5-7-15(8-6-10)13(16)14-9-11(2)12-3-4-12/h9-10,12H,3-8H2,1-2H3,(H,14,16)/b11-9+. The molecule has 0 atom stereocenters. The first-order valence-corrected chi connectivity index (χ1v) is 6.39. The van der Waals surface area contributed by atoms with Crippen LogP contribution in [0, 0.1) is 11.8 Å². The molecule has 1 heterocycles. The molecule has 0 aromatic rings. The van der Waals surface area contributed by atoms with E-state index in [1.165, 1.54) is 18.4 Å². The van der Waals surface area contributed by atoms with Crippen LogP contribution in [0.2, 0.25) is 0 Å². The van der Waals surface area contributed by atoms with Crippen LogP contribution in [-0.2, 0) is 0 Å². The third kappa shape index (κ3) is 3.00. The van der Waals surface area contributed by atoms with E-state index in [4.69, 9.17) is 0 Å². The lowest BCUT2D eigenvalue weighted by atomic mass is 10.00. The molecule has 16 heavy (non-hydrogen) atoms. The molecule has 2 rings (SSSR count). The minimum atomic E-state index is 0.0758. The topological polar surface area (TPSA) is 32.3 Å². The van der Waals surface area contributed by atoms with E-state index in [-0.39, 0.29) is 6.03 Å². The summed E-state index contributed by atoms with van der Waals surface area (Å²) in [6.07, 6.45) is 6.76. The first-order chi connectivity index (χ1) is 7.66. The number of nitrogens with zero attached hydrogens (tertiary/aromatic N) is 1. The van der Waals surface area contributed by atoms with Crippen LogP contribution < -0.4 is 5.32 Å². The second-order valence-electron chi connectivity index (χ2n) is 5.28. The van der Waals surface area contributed by atoms with Crippen LogP contribution in [0.1, 0.15) is 39.5 Å². The van der Waals surface area contributed by atoms with Gasteiger partial charge in [-0.1, -0.05) is 12.5 Å². The summed E-state index contributed by atoms with van der Waals surface area (Å²) in [5, 5.41) is 2.91. The van der Waals surface area contributed by atoms with Crippen LogP contribution >= 0.6 is 0 Å². The van der Waals surface area contributed by atoms with Gasteiger partial charge in [0.2, 0.25) is 0 Å². The van der Waals surface area contributed by atoms with Gasteiger partial charge in [0.1, 0.15) is 0 Å². The van der Waals surface area contributed by atoms with Crippen molar-refractivity contribution < 1.29 is 4.79 Å². The lowest BCUT2D eigenvalue weighted by molar-refractivity contribution is 0.177. The second kappa shape index (κ2) is 4.89. The van der Waals surface area contributed by atoms with Gasteiger partial charge in [0.15, 0.2) is 0 Å². The lowest BCUT2D eigenvalue weighted by Crippen LogP contribution is -2.42. The molecule has 0 unspecified atom stereocenters. The third-order valence-corrected chi connectivity index (χ3v) is 3.72. The molecular weight excluding hydrogens is 200 g/mol. The SMILES string of the molecule is C/C(=C\NC(=O)N1CCC(C)CC1)C1CC1. The minimum Gasteiger partial charge on any atom is -0.325 e. The first-order valence-electron chi connectivity index (χ1n) is 6.39. The Bertz CT molecular complexity index is 286. The monoisotopic (exact) mass is 222 g/mol. The summed E-state index contributed by atoms with van der Waals surface area (Å²) < 4.78 is 0. The van der Waals surface area contributed by atoms with Gasteiger partial charge >= 0.3 is 6.03 Å². The predicted molar refractivity (Wildman–Crippen MR) is 65.0 cm³/mol. The molecule has 90 valence electrons. The Morgan fingerprint density at radius 2 is 1.88 bits per heavy atom. The number of hydrogen-bond acceptors (Lipinski definition) is 1. The van der Waals surface area contributed by atoms with E-state index in [1.807, 2.05) is 11.1 Å². The summed E-state index contributed by atoms with van der Waals surface area (Å²) in [4.78, 5) is 13.7. The molecule has 2 amide bonds. The smallest absolute Gasteiger partial charge is 0.321 e. The summed E-state index contributed by atoms with van der Waals surface area (Å²) in [6.45, 7) is 6.18. The number of nitrogens with one attached hydrogen (secondary N) is 1. The molecule has 1 aliphatic carbocycles. The van der Waals surface area contributed by atoms with Crippen molar-refractivity contribution in [3.63, 3.8) is 0 Å². The average molecular weight is 222 g/mol. The largest absolute Gasteiger partial charge is 0.325 e. The molecule has 1 aliphatic heterocycles. The number of piperidine rings is 1. The van der Waals surface area contributed by atoms with Gasteiger partial charge in [0.25, 0.3) is 0 Å². The van der Waals surface area contributed by atoms with Crippen molar-refractivity contribution in [2.75, 3.05) is 13.1 Å². The van der Waals surface area contributed by atoms with Crippen LogP contribution in [0.4, 0.5) is 4.79 Å². The molecule has 3 nitrogen and oxygen atoms in total. The van der Waals surface area contributed by atoms with E-state index in [1.54, 1.807) is 0 Å². The van der Waals surface area contributed by atoms with Crippen molar-refractivity contribution in [3.05, 3.63) is 11.8 Å². The van der Waals surface area contributed by atoms with Crippen LogP contribution in [0.25, 0.3) is 0 Å². The summed E-state index contributed by atoms with van der Waals surface area (Å²) in [6, 6.07) is 0.0758.